The minimum atomic E-state index is -0.0725. The molecule has 0 spiro atoms. The summed E-state index contributed by atoms with van der Waals surface area (Å²) < 4.78 is 3.56. The number of imidazole rings is 1. The van der Waals surface area contributed by atoms with Crippen LogP contribution in [-0.4, -0.2) is 61.1 Å². The van der Waals surface area contributed by atoms with E-state index in [0.717, 1.165) is 36.7 Å². The number of benzene rings is 1. The maximum absolute atomic E-state index is 13.2. The first-order valence-corrected chi connectivity index (χ1v) is 11.2. The highest BCUT2D eigenvalue weighted by Gasteiger charge is 2.28. The molecule has 9 heteroatoms. The van der Waals surface area contributed by atoms with Gasteiger partial charge in [0, 0.05) is 45.1 Å². The summed E-state index contributed by atoms with van der Waals surface area (Å²) in [5.41, 5.74) is 3.79. The fourth-order valence-electron chi connectivity index (χ4n) is 4.07. The van der Waals surface area contributed by atoms with Gasteiger partial charge in [0.1, 0.15) is 10.8 Å². The van der Waals surface area contributed by atoms with Crippen LogP contribution in [0.1, 0.15) is 21.7 Å². The molecule has 5 rings (SSSR count). The van der Waals surface area contributed by atoms with Crippen LogP contribution in [0.3, 0.4) is 0 Å². The molecular formula is C23H22Cl2N6O. The SMILES string of the molecule is Cc1nn(-c2ccccc2)c(Cl)c1C(=O)N1CCN(Cc2cn3cc(Cl)ccc3n2)CC1. The van der Waals surface area contributed by atoms with E-state index in [2.05, 4.69) is 15.0 Å². The van der Waals surface area contributed by atoms with E-state index in [1.165, 1.54) is 0 Å². The van der Waals surface area contributed by atoms with E-state index in [1.54, 1.807) is 4.68 Å². The number of aromatic nitrogens is 4. The molecule has 0 radical (unpaired) electrons. The van der Waals surface area contributed by atoms with Gasteiger partial charge in [-0.05, 0) is 31.2 Å². The second-order valence-corrected chi connectivity index (χ2v) is 8.71. The van der Waals surface area contributed by atoms with Gasteiger partial charge in [-0.3, -0.25) is 9.69 Å². The van der Waals surface area contributed by atoms with Gasteiger partial charge in [-0.15, -0.1) is 0 Å². The summed E-state index contributed by atoms with van der Waals surface area (Å²) in [6, 6.07) is 13.3. The van der Waals surface area contributed by atoms with Crippen LogP contribution in [0.15, 0.2) is 54.9 Å². The van der Waals surface area contributed by atoms with Gasteiger partial charge >= 0.3 is 0 Å². The molecule has 1 aliphatic heterocycles. The van der Waals surface area contributed by atoms with Crippen LogP contribution >= 0.6 is 23.2 Å². The van der Waals surface area contributed by atoms with Gasteiger partial charge in [0.2, 0.25) is 0 Å². The van der Waals surface area contributed by atoms with Crippen molar-refractivity contribution in [2.45, 2.75) is 13.5 Å². The number of aryl methyl sites for hydroxylation is 1. The Morgan fingerprint density at radius 1 is 1.00 bits per heavy atom. The Bertz CT molecular complexity index is 1270. The summed E-state index contributed by atoms with van der Waals surface area (Å²) in [5, 5.41) is 5.53. The van der Waals surface area contributed by atoms with Crippen molar-refractivity contribution in [1.29, 1.82) is 0 Å². The van der Waals surface area contributed by atoms with Crippen LogP contribution in [0.2, 0.25) is 10.2 Å². The molecule has 0 saturated carbocycles. The van der Waals surface area contributed by atoms with Crippen LogP contribution in [0, 0.1) is 6.92 Å². The molecule has 1 fully saturated rings. The minimum Gasteiger partial charge on any atom is -0.336 e. The fraction of sp³-hybridized carbons (Fsp3) is 0.261. The van der Waals surface area contributed by atoms with Crippen LogP contribution in [0.25, 0.3) is 11.3 Å². The Kier molecular flexibility index (Phi) is 5.63. The molecule has 1 amide bonds. The molecule has 3 aromatic heterocycles. The molecule has 164 valence electrons. The Morgan fingerprint density at radius 3 is 2.50 bits per heavy atom. The number of rotatable bonds is 4. The van der Waals surface area contributed by atoms with E-state index >= 15 is 0 Å². The van der Waals surface area contributed by atoms with Crippen molar-refractivity contribution in [3.63, 3.8) is 0 Å². The lowest BCUT2D eigenvalue weighted by atomic mass is 10.2. The van der Waals surface area contributed by atoms with E-state index in [4.69, 9.17) is 23.2 Å². The van der Waals surface area contributed by atoms with E-state index in [1.807, 2.05) is 71.1 Å². The van der Waals surface area contributed by atoms with Gasteiger partial charge in [0.05, 0.1) is 27.7 Å². The number of hydrogen-bond donors (Lipinski definition) is 0. The average molecular weight is 469 g/mol. The van der Waals surface area contributed by atoms with E-state index in [0.29, 0.717) is 34.5 Å². The van der Waals surface area contributed by atoms with Gasteiger partial charge in [0.25, 0.3) is 5.91 Å². The zero-order valence-electron chi connectivity index (χ0n) is 17.6. The first-order valence-electron chi connectivity index (χ1n) is 10.4. The topological polar surface area (TPSA) is 58.7 Å². The quantitative estimate of drug-likeness (QED) is 0.452. The van der Waals surface area contributed by atoms with Crippen molar-refractivity contribution in [2.24, 2.45) is 0 Å². The van der Waals surface area contributed by atoms with Crippen LogP contribution in [0.4, 0.5) is 0 Å². The number of pyridine rings is 1. The zero-order chi connectivity index (χ0) is 22.2. The monoisotopic (exact) mass is 468 g/mol. The molecule has 32 heavy (non-hydrogen) atoms. The van der Waals surface area contributed by atoms with Crippen LogP contribution < -0.4 is 0 Å². The Labute approximate surface area is 195 Å². The molecule has 4 heterocycles. The number of fused-ring (bicyclic) bond motifs is 1. The third-order valence-electron chi connectivity index (χ3n) is 5.73. The Balaban J connectivity index is 1.26. The summed E-state index contributed by atoms with van der Waals surface area (Å²) in [6.07, 6.45) is 3.85. The molecule has 0 aliphatic carbocycles. The third kappa shape index (κ3) is 3.99. The summed E-state index contributed by atoms with van der Waals surface area (Å²) >= 11 is 12.6. The number of amides is 1. The highest BCUT2D eigenvalue weighted by Crippen LogP contribution is 2.25. The van der Waals surface area contributed by atoms with Gasteiger partial charge in [-0.2, -0.15) is 5.10 Å². The molecule has 4 aromatic rings. The number of hydrogen-bond acceptors (Lipinski definition) is 4. The summed E-state index contributed by atoms with van der Waals surface area (Å²) in [5.74, 6) is -0.0725. The van der Waals surface area contributed by atoms with Crippen molar-refractivity contribution in [3.05, 3.63) is 82.0 Å². The molecule has 0 bridgehead atoms. The van der Waals surface area contributed by atoms with Crippen molar-refractivity contribution in [3.8, 4) is 5.69 Å². The highest BCUT2D eigenvalue weighted by molar-refractivity contribution is 6.33. The van der Waals surface area contributed by atoms with Crippen molar-refractivity contribution in [2.75, 3.05) is 26.2 Å². The van der Waals surface area contributed by atoms with Crippen molar-refractivity contribution in [1.82, 2.24) is 29.0 Å². The first-order chi connectivity index (χ1) is 15.5. The second-order valence-electron chi connectivity index (χ2n) is 7.91. The lowest BCUT2D eigenvalue weighted by molar-refractivity contribution is 0.0626. The Morgan fingerprint density at radius 2 is 1.75 bits per heavy atom. The standard InChI is InChI=1S/C23H22Cl2N6O/c1-16-21(22(25)31(27-16)19-5-3-2-4-6-19)23(32)29-11-9-28(10-12-29)14-18-15-30-13-17(24)7-8-20(30)26-18/h2-8,13,15H,9-12,14H2,1H3. The fourth-order valence-corrected chi connectivity index (χ4v) is 4.59. The van der Waals surface area contributed by atoms with E-state index in [9.17, 15) is 4.79 Å². The number of carbonyl (C=O) groups is 1. The summed E-state index contributed by atoms with van der Waals surface area (Å²) in [7, 11) is 0. The molecule has 0 atom stereocenters. The number of para-hydroxylation sites is 1. The molecule has 0 unspecified atom stereocenters. The largest absolute Gasteiger partial charge is 0.336 e. The molecule has 1 aliphatic rings. The van der Waals surface area contributed by atoms with Gasteiger partial charge < -0.3 is 9.30 Å². The van der Waals surface area contributed by atoms with Gasteiger partial charge in [-0.25, -0.2) is 9.67 Å². The van der Waals surface area contributed by atoms with E-state index in [-0.39, 0.29) is 5.91 Å². The smallest absolute Gasteiger partial charge is 0.258 e. The average Bonchev–Trinajstić information content (AvgIpc) is 3.33. The lowest BCUT2D eigenvalue weighted by Crippen LogP contribution is -2.48. The van der Waals surface area contributed by atoms with Crippen LogP contribution in [0.5, 0.6) is 0 Å². The number of piperazine rings is 1. The first kappa shape index (κ1) is 21.0. The zero-order valence-corrected chi connectivity index (χ0v) is 19.1. The number of carbonyl (C=O) groups excluding carboxylic acids is 1. The van der Waals surface area contributed by atoms with Crippen LogP contribution in [-0.2, 0) is 6.54 Å². The van der Waals surface area contributed by atoms with Gasteiger partial charge in [0.15, 0.2) is 0 Å². The molecule has 1 aromatic carbocycles. The number of nitrogens with zero attached hydrogens (tertiary/aromatic N) is 6. The minimum absolute atomic E-state index is 0.0725. The Hall–Kier alpha value is -2.87. The predicted molar refractivity (Wildman–Crippen MR) is 125 cm³/mol. The number of halogens is 2. The third-order valence-corrected chi connectivity index (χ3v) is 6.30. The van der Waals surface area contributed by atoms with Crippen molar-refractivity contribution >= 4 is 34.8 Å². The molecule has 1 saturated heterocycles. The van der Waals surface area contributed by atoms with E-state index < -0.39 is 0 Å². The summed E-state index contributed by atoms with van der Waals surface area (Å²) in [6.45, 7) is 5.35. The van der Waals surface area contributed by atoms with Crippen molar-refractivity contribution < 1.29 is 4.79 Å². The lowest BCUT2D eigenvalue weighted by Gasteiger charge is -2.34. The molecule has 7 nitrogen and oxygen atoms in total. The summed E-state index contributed by atoms with van der Waals surface area (Å²) in [4.78, 5) is 22.1. The maximum atomic E-state index is 13.2. The van der Waals surface area contributed by atoms with Gasteiger partial charge in [-0.1, -0.05) is 41.4 Å². The maximum Gasteiger partial charge on any atom is 0.258 e. The molecule has 0 N–H and O–H groups in total. The highest BCUT2D eigenvalue weighted by atomic mass is 35.5. The second kappa shape index (κ2) is 8.58. The normalized spacial score (nSPS) is 14.9. The predicted octanol–water partition coefficient (Wildman–Crippen LogP) is 4.09. The molecular weight excluding hydrogens is 447 g/mol.